The molecule has 4 nitrogen and oxygen atoms in total. The summed E-state index contributed by atoms with van der Waals surface area (Å²) in [6.45, 7) is 1.91. The van der Waals surface area contributed by atoms with E-state index >= 15 is 0 Å². The summed E-state index contributed by atoms with van der Waals surface area (Å²) in [6, 6.07) is 5.42. The van der Waals surface area contributed by atoms with Crippen LogP contribution in [0.25, 0.3) is 0 Å². The number of ketones is 1. The van der Waals surface area contributed by atoms with Gasteiger partial charge in [0.25, 0.3) is 5.91 Å². The third-order valence-corrected chi connectivity index (χ3v) is 4.20. The summed E-state index contributed by atoms with van der Waals surface area (Å²) in [5, 5.41) is 9.91. The Labute approximate surface area is 118 Å². The molecule has 5 heteroatoms. The van der Waals surface area contributed by atoms with Crippen molar-refractivity contribution in [3.8, 4) is 0 Å². The third-order valence-electron chi connectivity index (χ3n) is 3.71. The highest BCUT2D eigenvalue weighted by Crippen LogP contribution is 2.42. The fourth-order valence-electron chi connectivity index (χ4n) is 2.86. The number of aliphatic hydroxyl groups excluding tert-OH is 1. The zero-order valence-corrected chi connectivity index (χ0v) is 11.9. The molecular weight excluding hydrogens is 310 g/mol. The average molecular weight is 322 g/mol. The lowest BCUT2D eigenvalue weighted by molar-refractivity contribution is -0.129. The molecule has 3 rings (SSSR count). The number of Topliss-reactive ketones (excluding diaryl/α,β-unsaturated/α-hetero) is 1. The van der Waals surface area contributed by atoms with E-state index in [2.05, 4.69) is 15.9 Å². The van der Waals surface area contributed by atoms with Crippen LogP contribution in [0.15, 0.2) is 34.0 Å². The molecule has 0 spiro atoms. The summed E-state index contributed by atoms with van der Waals surface area (Å²) in [5.74, 6) is -1.10. The van der Waals surface area contributed by atoms with Gasteiger partial charge in [-0.2, -0.15) is 0 Å². The molecule has 98 valence electrons. The van der Waals surface area contributed by atoms with Gasteiger partial charge in [-0.05, 0) is 36.6 Å². The van der Waals surface area contributed by atoms with Gasteiger partial charge >= 0.3 is 0 Å². The first-order valence-electron chi connectivity index (χ1n) is 6.04. The quantitative estimate of drug-likeness (QED) is 0.863. The number of rotatable bonds is 1. The zero-order chi connectivity index (χ0) is 13.7. The van der Waals surface area contributed by atoms with Gasteiger partial charge in [0, 0.05) is 11.0 Å². The number of aliphatic hydroxyl groups is 1. The second-order valence-corrected chi connectivity index (χ2v) is 5.73. The Kier molecular flexibility index (Phi) is 2.74. The number of hydrogen-bond donors (Lipinski definition) is 1. The van der Waals surface area contributed by atoms with Gasteiger partial charge in [0.05, 0.1) is 11.6 Å². The van der Waals surface area contributed by atoms with Crippen LogP contribution in [0.5, 0.6) is 0 Å². The maximum atomic E-state index is 12.0. The summed E-state index contributed by atoms with van der Waals surface area (Å²) >= 11 is 3.41. The molecule has 0 saturated heterocycles. The van der Waals surface area contributed by atoms with Crippen molar-refractivity contribution >= 4 is 27.6 Å². The van der Waals surface area contributed by atoms with Crippen LogP contribution >= 0.6 is 15.9 Å². The number of fused-ring (bicyclic) bond motifs is 3. The highest BCUT2D eigenvalue weighted by molar-refractivity contribution is 9.10. The van der Waals surface area contributed by atoms with Gasteiger partial charge in [-0.25, -0.2) is 0 Å². The summed E-state index contributed by atoms with van der Waals surface area (Å²) in [4.78, 5) is 25.3. The summed E-state index contributed by atoms with van der Waals surface area (Å²) in [6.07, 6.45) is 0.739. The lowest BCUT2D eigenvalue weighted by Crippen LogP contribution is -2.36. The van der Waals surface area contributed by atoms with Crippen LogP contribution in [0.4, 0.5) is 0 Å². The number of amides is 1. The topological polar surface area (TPSA) is 57.6 Å². The monoisotopic (exact) mass is 321 g/mol. The highest BCUT2D eigenvalue weighted by atomic mass is 79.9. The van der Waals surface area contributed by atoms with Crippen LogP contribution < -0.4 is 0 Å². The van der Waals surface area contributed by atoms with Gasteiger partial charge in [-0.15, -0.1) is 0 Å². The largest absolute Gasteiger partial charge is 0.503 e. The Hall–Kier alpha value is -1.62. The number of nitrogens with zero attached hydrogens (tertiary/aromatic N) is 1. The zero-order valence-electron chi connectivity index (χ0n) is 10.3. The first-order valence-corrected chi connectivity index (χ1v) is 6.83. The molecule has 2 aliphatic rings. The SMILES string of the molecule is CC(=O)C1=C(O)C(=O)N2CCc3ccc(Br)cc3C12. The van der Waals surface area contributed by atoms with E-state index < -0.39 is 17.7 Å². The molecule has 0 bridgehead atoms. The van der Waals surface area contributed by atoms with Crippen molar-refractivity contribution in [2.45, 2.75) is 19.4 Å². The Morgan fingerprint density at radius 2 is 2.21 bits per heavy atom. The molecule has 0 aromatic heterocycles. The van der Waals surface area contributed by atoms with E-state index in [-0.39, 0.29) is 11.4 Å². The van der Waals surface area contributed by atoms with Crippen molar-refractivity contribution in [3.05, 3.63) is 45.1 Å². The number of halogens is 1. The summed E-state index contributed by atoms with van der Waals surface area (Å²) < 4.78 is 0.898. The van der Waals surface area contributed by atoms with E-state index in [4.69, 9.17) is 0 Å². The molecule has 1 aromatic carbocycles. The van der Waals surface area contributed by atoms with Crippen molar-refractivity contribution < 1.29 is 14.7 Å². The van der Waals surface area contributed by atoms with Gasteiger partial charge in [0.15, 0.2) is 11.5 Å². The van der Waals surface area contributed by atoms with Crippen LogP contribution in [-0.4, -0.2) is 28.2 Å². The van der Waals surface area contributed by atoms with Crippen molar-refractivity contribution in [2.24, 2.45) is 0 Å². The van der Waals surface area contributed by atoms with E-state index in [1.165, 1.54) is 6.92 Å². The molecule has 1 N–H and O–H groups in total. The summed E-state index contributed by atoms with van der Waals surface area (Å²) in [5.41, 5.74) is 2.25. The minimum atomic E-state index is -0.444. The summed E-state index contributed by atoms with van der Waals surface area (Å²) in [7, 11) is 0. The number of hydrogen-bond acceptors (Lipinski definition) is 3. The van der Waals surface area contributed by atoms with Gasteiger partial charge in [-0.1, -0.05) is 22.0 Å². The van der Waals surface area contributed by atoms with E-state index in [0.717, 1.165) is 22.0 Å². The van der Waals surface area contributed by atoms with Crippen molar-refractivity contribution in [1.29, 1.82) is 0 Å². The first-order chi connectivity index (χ1) is 9.00. The van der Waals surface area contributed by atoms with E-state index in [9.17, 15) is 14.7 Å². The Morgan fingerprint density at radius 1 is 1.47 bits per heavy atom. The van der Waals surface area contributed by atoms with Crippen LogP contribution in [0.3, 0.4) is 0 Å². The van der Waals surface area contributed by atoms with Gasteiger partial charge in [-0.3, -0.25) is 9.59 Å². The minimum Gasteiger partial charge on any atom is -0.503 e. The van der Waals surface area contributed by atoms with Crippen LogP contribution in [0, 0.1) is 0 Å². The standard InChI is InChI=1S/C14H12BrNO3/c1-7(17)11-12-10-6-9(15)3-2-8(10)4-5-16(12)14(19)13(11)18/h2-3,6,12,18H,4-5H2,1H3. The maximum absolute atomic E-state index is 12.0. The molecular formula is C14H12BrNO3. The van der Waals surface area contributed by atoms with Crippen LogP contribution in [-0.2, 0) is 16.0 Å². The second kappa shape index (κ2) is 4.20. The number of carbonyl (C=O) groups is 2. The van der Waals surface area contributed by atoms with Gasteiger partial charge < -0.3 is 10.0 Å². The predicted molar refractivity (Wildman–Crippen MR) is 72.6 cm³/mol. The molecule has 2 heterocycles. The molecule has 0 fully saturated rings. The van der Waals surface area contributed by atoms with Crippen LogP contribution in [0.1, 0.15) is 24.1 Å². The number of carbonyl (C=O) groups excluding carboxylic acids is 2. The smallest absolute Gasteiger partial charge is 0.290 e. The third kappa shape index (κ3) is 1.72. The Morgan fingerprint density at radius 3 is 2.89 bits per heavy atom. The Balaban J connectivity index is 2.21. The highest BCUT2D eigenvalue weighted by Gasteiger charge is 2.44. The fourth-order valence-corrected chi connectivity index (χ4v) is 3.23. The molecule has 1 unspecified atom stereocenters. The molecule has 1 amide bonds. The fraction of sp³-hybridized carbons (Fsp3) is 0.286. The lowest BCUT2D eigenvalue weighted by atomic mass is 9.89. The van der Waals surface area contributed by atoms with Gasteiger partial charge in [0.2, 0.25) is 0 Å². The van der Waals surface area contributed by atoms with Crippen molar-refractivity contribution in [1.82, 2.24) is 4.90 Å². The molecule has 0 radical (unpaired) electrons. The van der Waals surface area contributed by atoms with Gasteiger partial charge in [0.1, 0.15) is 0 Å². The number of benzene rings is 1. The molecule has 0 saturated carbocycles. The lowest BCUT2D eigenvalue weighted by Gasteiger charge is -2.33. The van der Waals surface area contributed by atoms with Crippen molar-refractivity contribution in [3.63, 3.8) is 0 Å². The second-order valence-electron chi connectivity index (χ2n) is 4.81. The maximum Gasteiger partial charge on any atom is 0.290 e. The van der Waals surface area contributed by atoms with E-state index in [0.29, 0.717) is 6.54 Å². The average Bonchev–Trinajstić information content (AvgIpc) is 2.62. The molecule has 2 aliphatic heterocycles. The molecule has 0 aliphatic carbocycles. The predicted octanol–water partition coefficient (Wildman–Crippen LogP) is 2.29. The normalized spacial score (nSPS) is 21.5. The molecule has 19 heavy (non-hydrogen) atoms. The molecule has 1 atom stereocenters. The van der Waals surface area contributed by atoms with E-state index in [1.807, 2.05) is 18.2 Å². The van der Waals surface area contributed by atoms with Crippen molar-refractivity contribution in [2.75, 3.05) is 6.54 Å². The first kappa shape index (κ1) is 12.4. The minimum absolute atomic E-state index is 0.212. The molecule has 1 aromatic rings. The Bertz CT molecular complexity index is 636. The van der Waals surface area contributed by atoms with E-state index in [1.54, 1.807) is 4.90 Å². The van der Waals surface area contributed by atoms with Crippen LogP contribution in [0.2, 0.25) is 0 Å².